The zero-order valence-corrected chi connectivity index (χ0v) is 14.6. The summed E-state index contributed by atoms with van der Waals surface area (Å²) in [5, 5.41) is 1.84. The minimum absolute atomic E-state index is 0.231. The molecule has 0 amide bonds. The molecular weight excluding hydrogens is 358 g/mol. The molecule has 3 rings (SSSR count). The molecule has 0 spiro atoms. The van der Waals surface area contributed by atoms with Crippen LogP contribution in [0.5, 0.6) is 0 Å². The van der Waals surface area contributed by atoms with Crippen molar-refractivity contribution in [2.24, 2.45) is 5.92 Å². The summed E-state index contributed by atoms with van der Waals surface area (Å²) in [5.41, 5.74) is 0. The zero-order valence-electron chi connectivity index (χ0n) is 11.4. The minimum Gasteiger partial charge on any atom is -0.206 e. The maximum atomic E-state index is 12.9. The first kappa shape index (κ1) is 15.0. The second-order valence-corrected chi connectivity index (χ2v) is 9.64. The Hall–Kier alpha value is 0.0900. The van der Waals surface area contributed by atoms with E-state index in [1.54, 1.807) is 4.31 Å². The van der Waals surface area contributed by atoms with Crippen molar-refractivity contribution in [3.05, 3.63) is 15.9 Å². The van der Waals surface area contributed by atoms with E-state index in [0.29, 0.717) is 21.1 Å². The predicted molar refractivity (Wildman–Crippen MR) is 85.5 cm³/mol. The third-order valence-corrected chi connectivity index (χ3v) is 9.14. The highest BCUT2D eigenvalue weighted by molar-refractivity contribution is 9.10. The number of hydrogen-bond donors (Lipinski definition) is 0. The fraction of sp³-hybridized carbons (Fsp3) is 0.714. The molecule has 1 aromatic rings. The lowest BCUT2D eigenvalue weighted by atomic mass is 9.83. The number of rotatable bonds is 3. The van der Waals surface area contributed by atoms with Gasteiger partial charge in [0, 0.05) is 17.1 Å². The van der Waals surface area contributed by atoms with Crippen LogP contribution >= 0.6 is 27.3 Å². The van der Waals surface area contributed by atoms with Crippen molar-refractivity contribution >= 4 is 37.3 Å². The molecule has 0 N–H and O–H groups in total. The highest BCUT2D eigenvalue weighted by Gasteiger charge is 2.40. The number of halogens is 1. The Morgan fingerprint density at radius 2 is 1.90 bits per heavy atom. The molecule has 2 fully saturated rings. The van der Waals surface area contributed by atoms with Crippen molar-refractivity contribution in [1.82, 2.24) is 4.31 Å². The van der Waals surface area contributed by atoms with Crippen LogP contribution in [0, 0.1) is 5.92 Å². The van der Waals surface area contributed by atoms with E-state index < -0.39 is 10.0 Å². The van der Waals surface area contributed by atoms with Crippen LogP contribution in [0.25, 0.3) is 0 Å². The molecular formula is C14H20BrNO2S2. The highest BCUT2D eigenvalue weighted by Crippen LogP contribution is 2.39. The van der Waals surface area contributed by atoms with Crippen LogP contribution in [0.1, 0.15) is 44.9 Å². The molecule has 1 unspecified atom stereocenters. The summed E-state index contributed by atoms with van der Waals surface area (Å²) < 4.78 is 28.7. The van der Waals surface area contributed by atoms with Crippen molar-refractivity contribution in [3.63, 3.8) is 0 Å². The predicted octanol–water partition coefficient (Wildman–Crippen LogP) is 4.24. The smallest absolute Gasteiger partial charge is 0.206 e. The van der Waals surface area contributed by atoms with E-state index in [0.717, 1.165) is 12.8 Å². The number of sulfonamides is 1. The Labute approximate surface area is 133 Å². The third-order valence-electron chi connectivity index (χ3n) is 4.57. The molecule has 1 atom stereocenters. The number of hydrogen-bond acceptors (Lipinski definition) is 3. The largest absolute Gasteiger partial charge is 0.253 e. The zero-order chi connectivity index (χ0) is 14.2. The number of thiophene rings is 1. The highest BCUT2D eigenvalue weighted by atomic mass is 79.9. The molecule has 112 valence electrons. The Balaban J connectivity index is 1.86. The molecule has 1 aliphatic heterocycles. The van der Waals surface area contributed by atoms with Gasteiger partial charge in [0.05, 0.1) is 0 Å². The Morgan fingerprint density at radius 1 is 1.15 bits per heavy atom. The molecule has 1 aromatic heterocycles. The van der Waals surface area contributed by atoms with E-state index in [4.69, 9.17) is 0 Å². The van der Waals surface area contributed by atoms with Gasteiger partial charge in [0.15, 0.2) is 0 Å². The standard InChI is InChI=1S/C14H20BrNO2S2/c15-12-8-10-19-14(12)20(17,18)16-9-4-7-13(16)11-5-2-1-3-6-11/h8,10-11,13H,1-7,9H2. The summed E-state index contributed by atoms with van der Waals surface area (Å²) >= 11 is 4.69. The van der Waals surface area contributed by atoms with Gasteiger partial charge < -0.3 is 0 Å². The quantitative estimate of drug-likeness (QED) is 0.789. The van der Waals surface area contributed by atoms with Crippen molar-refractivity contribution in [3.8, 4) is 0 Å². The number of nitrogens with zero attached hydrogens (tertiary/aromatic N) is 1. The molecule has 0 aromatic carbocycles. The molecule has 20 heavy (non-hydrogen) atoms. The van der Waals surface area contributed by atoms with Crippen molar-refractivity contribution in [2.45, 2.75) is 55.2 Å². The molecule has 1 saturated heterocycles. The first-order valence-corrected chi connectivity index (χ1v) is 10.5. The van der Waals surface area contributed by atoms with Gasteiger partial charge in [-0.3, -0.25) is 0 Å². The molecule has 0 bridgehead atoms. The second-order valence-electron chi connectivity index (χ2n) is 5.78. The van der Waals surface area contributed by atoms with Crippen LogP contribution in [-0.4, -0.2) is 25.3 Å². The van der Waals surface area contributed by atoms with Crippen molar-refractivity contribution in [1.29, 1.82) is 0 Å². The fourth-order valence-corrected chi connectivity index (χ4v) is 7.81. The van der Waals surface area contributed by atoms with Crippen LogP contribution in [0.3, 0.4) is 0 Å². The van der Waals surface area contributed by atoms with E-state index in [1.165, 1.54) is 43.4 Å². The second kappa shape index (κ2) is 6.07. The summed E-state index contributed by atoms with van der Waals surface area (Å²) in [6, 6.07) is 2.05. The van der Waals surface area contributed by atoms with Gasteiger partial charge >= 0.3 is 0 Å². The van der Waals surface area contributed by atoms with Crippen LogP contribution in [0.4, 0.5) is 0 Å². The monoisotopic (exact) mass is 377 g/mol. The third kappa shape index (κ3) is 2.72. The van der Waals surface area contributed by atoms with Gasteiger partial charge in [-0.05, 0) is 59.0 Å². The van der Waals surface area contributed by atoms with Gasteiger partial charge in [-0.25, -0.2) is 8.42 Å². The van der Waals surface area contributed by atoms with Crippen molar-refractivity contribution < 1.29 is 8.42 Å². The summed E-state index contributed by atoms with van der Waals surface area (Å²) in [7, 11) is -3.32. The van der Waals surface area contributed by atoms with Gasteiger partial charge in [0.2, 0.25) is 0 Å². The topological polar surface area (TPSA) is 37.4 Å². The van der Waals surface area contributed by atoms with Gasteiger partial charge in [-0.1, -0.05) is 19.3 Å². The summed E-state index contributed by atoms with van der Waals surface area (Å²) in [4.78, 5) is 0. The van der Waals surface area contributed by atoms with Gasteiger partial charge in [-0.15, -0.1) is 11.3 Å². The summed E-state index contributed by atoms with van der Waals surface area (Å²) in [6.45, 7) is 0.688. The normalized spacial score (nSPS) is 26.1. The van der Waals surface area contributed by atoms with Gasteiger partial charge in [0.1, 0.15) is 4.21 Å². The SMILES string of the molecule is O=S(=O)(c1sccc1Br)N1CCCC1C1CCCCC1. The fourth-order valence-electron chi connectivity index (χ4n) is 3.62. The van der Waals surface area contributed by atoms with E-state index in [2.05, 4.69) is 15.9 Å². The average molecular weight is 378 g/mol. The molecule has 2 aliphatic rings. The van der Waals surface area contributed by atoms with E-state index in [1.807, 2.05) is 11.4 Å². The van der Waals surface area contributed by atoms with Gasteiger partial charge in [-0.2, -0.15) is 4.31 Å². The lowest BCUT2D eigenvalue weighted by Gasteiger charge is -2.33. The Morgan fingerprint density at radius 3 is 2.55 bits per heavy atom. The first-order chi connectivity index (χ1) is 9.60. The van der Waals surface area contributed by atoms with Crippen molar-refractivity contribution in [2.75, 3.05) is 6.54 Å². The van der Waals surface area contributed by atoms with E-state index >= 15 is 0 Å². The first-order valence-electron chi connectivity index (χ1n) is 7.35. The van der Waals surface area contributed by atoms with E-state index in [-0.39, 0.29) is 6.04 Å². The molecule has 1 aliphatic carbocycles. The summed E-state index contributed by atoms with van der Waals surface area (Å²) in [6.07, 6.45) is 8.27. The molecule has 2 heterocycles. The van der Waals surface area contributed by atoms with Crippen LogP contribution < -0.4 is 0 Å². The van der Waals surface area contributed by atoms with E-state index in [9.17, 15) is 8.42 Å². The molecule has 6 heteroatoms. The maximum absolute atomic E-state index is 12.9. The lowest BCUT2D eigenvalue weighted by Crippen LogP contribution is -2.40. The molecule has 0 radical (unpaired) electrons. The molecule has 1 saturated carbocycles. The minimum atomic E-state index is -3.32. The summed E-state index contributed by atoms with van der Waals surface area (Å²) in [5.74, 6) is 0.569. The van der Waals surface area contributed by atoms with Crippen LogP contribution in [0.15, 0.2) is 20.1 Å². The lowest BCUT2D eigenvalue weighted by molar-refractivity contribution is 0.226. The Kier molecular flexibility index (Phi) is 4.55. The maximum Gasteiger partial charge on any atom is 0.253 e. The van der Waals surface area contributed by atoms with Crippen LogP contribution in [0.2, 0.25) is 0 Å². The molecule has 3 nitrogen and oxygen atoms in total. The van der Waals surface area contributed by atoms with Gasteiger partial charge in [0.25, 0.3) is 10.0 Å². The Bertz CT molecular complexity index is 563. The van der Waals surface area contributed by atoms with Crippen LogP contribution in [-0.2, 0) is 10.0 Å². The average Bonchev–Trinajstić information content (AvgIpc) is 3.08.